The summed E-state index contributed by atoms with van der Waals surface area (Å²) in [5.74, 6) is 0.993. The summed E-state index contributed by atoms with van der Waals surface area (Å²) < 4.78 is 14.7. The summed E-state index contributed by atoms with van der Waals surface area (Å²) in [7, 11) is 0. The summed E-state index contributed by atoms with van der Waals surface area (Å²) in [4.78, 5) is 15.0. The number of tetrazole rings is 1. The molecule has 1 amide bonds. The molecular formula is C17H22FN5O. The zero-order chi connectivity index (χ0) is 17.1. The second kappa shape index (κ2) is 7.07. The lowest BCUT2D eigenvalue weighted by Gasteiger charge is -2.33. The number of amides is 1. The predicted molar refractivity (Wildman–Crippen MR) is 86.7 cm³/mol. The van der Waals surface area contributed by atoms with Crippen LogP contribution in [-0.4, -0.2) is 44.1 Å². The second-order valence-corrected chi connectivity index (χ2v) is 6.52. The van der Waals surface area contributed by atoms with Crippen LogP contribution in [0.5, 0.6) is 0 Å². The van der Waals surface area contributed by atoms with Crippen LogP contribution < -0.4 is 0 Å². The number of hydrogen-bond donors (Lipinski definition) is 0. The number of carbonyl (C=O) groups is 1. The highest BCUT2D eigenvalue weighted by molar-refractivity contribution is 5.80. The summed E-state index contributed by atoms with van der Waals surface area (Å²) >= 11 is 0. The summed E-state index contributed by atoms with van der Waals surface area (Å²) in [6.07, 6.45) is 2.48. The van der Waals surface area contributed by atoms with E-state index in [1.54, 1.807) is 23.7 Å². The van der Waals surface area contributed by atoms with Gasteiger partial charge in [0.25, 0.3) is 0 Å². The van der Waals surface area contributed by atoms with Crippen molar-refractivity contribution in [3.8, 4) is 0 Å². The van der Waals surface area contributed by atoms with Crippen LogP contribution in [0.2, 0.25) is 0 Å². The number of hydrogen-bond acceptors (Lipinski definition) is 4. The third kappa shape index (κ3) is 3.60. The molecule has 1 unspecified atom stereocenters. The molecule has 1 atom stereocenters. The van der Waals surface area contributed by atoms with E-state index in [0.29, 0.717) is 18.2 Å². The zero-order valence-corrected chi connectivity index (χ0v) is 14.0. The van der Waals surface area contributed by atoms with Crippen molar-refractivity contribution in [3.05, 3.63) is 41.5 Å². The molecule has 0 bridgehead atoms. The Labute approximate surface area is 140 Å². The number of carbonyl (C=O) groups excluding carboxylic acids is 1. The fourth-order valence-electron chi connectivity index (χ4n) is 3.09. The number of nitrogens with zero attached hydrogens (tertiary/aromatic N) is 5. The molecule has 128 valence electrons. The van der Waals surface area contributed by atoms with Crippen molar-refractivity contribution in [3.63, 3.8) is 0 Å². The fourth-order valence-corrected chi connectivity index (χ4v) is 3.09. The van der Waals surface area contributed by atoms with Crippen molar-refractivity contribution in [2.45, 2.75) is 39.2 Å². The predicted octanol–water partition coefficient (Wildman–Crippen LogP) is 2.16. The molecule has 1 aromatic heterocycles. The number of halogens is 1. The van der Waals surface area contributed by atoms with Crippen LogP contribution in [0.1, 0.15) is 37.2 Å². The maximum atomic E-state index is 13.1. The Hall–Kier alpha value is -2.31. The summed E-state index contributed by atoms with van der Waals surface area (Å²) in [5.41, 5.74) is 0.884. The van der Waals surface area contributed by atoms with Gasteiger partial charge in [0.05, 0.1) is 0 Å². The minimum atomic E-state index is -0.501. The average molecular weight is 331 g/mol. The van der Waals surface area contributed by atoms with Crippen molar-refractivity contribution >= 4 is 5.91 Å². The number of aryl methyl sites for hydroxylation is 1. The summed E-state index contributed by atoms with van der Waals surface area (Å²) in [6.45, 7) is 5.52. The molecule has 1 saturated heterocycles. The molecule has 1 aliphatic rings. The van der Waals surface area contributed by atoms with E-state index in [-0.39, 0.29) is 11.7 Å². The minimum Gasteiger partial charge on any atom is -0.341 e. The standard InChI is InChI=1S/C17H22FN5O/c1-12-7-9-22(10-8-12)17(24)16(23-13(2)19-20-21-23)11-14-3-5-15(18)6-4-14/h3-6,12,16H,7-11H2,1-2H3. The van der Waals surface area contributed by atoms with Gasteiger partial charge in [-0.15, -0.1) is 5.10 Å². The topological polar surface area (TPSA) is 63.9 Å². The van der Waals surface area contributed by atoms with Crippen molar-refractivity contribution < 1.29 is 9.18 Å². The van der Waals surface area contributed by atoms with Gasteiger partial charge in [0, 0.05) is 19.5 Å². The Balaban J connectivity index is 1.83. The van der Waals surface area contributed by atoms with Gasteiger partial charge in [-0.2, -0.15) is 0 Å². The van der Waals surface area contributed by atoms with Crippen molar-refractivity contribution in [1.29, 1.82) is 0 Å². The van der Waals surface area contributed by atoms with Gasteiger partial charge in [0.15, 0.2) is 0 Å². The van der Waals surface area contributed by atoms with E-state index in [1.165, 1.54) is 12.1 Å². The molecule has 1 aromatic carbocycles. The van der Waals surface area contributed by atoms with Crippen molar-refractivity contribution in [2.24, 2.45) is 5.92 Å². The van der Waals surface area contributed by atoms with Gasteiger partial charge < -0.3 is 4.90 Å². The Morgan fingerprint density at radius 1 is 1.29 bits per heavy atom. The minimum absolute atomic E-state index is 0.0293. The molecule has 0 aliphatic carbocycles. The maximum Gasteiger partial charge on any atom is 0.247 e. The van der Waals surface area contributed by atoms with Gasteiger partial charge in [-0.3, -0.25) is 4.79 Å². The molecule has 1 fully saturated rings. The first-order chi connectivity index (χ1) is 11.5. The van der Waals surface area contributed by atoms with Gasteiger partial charge >= 0.3 is 0 Å². The smallest absolute Gasteiger partial charge is 0.247 e. The molecule has 0 spiro atoms. The van der Waals surface area contributed by atoms with Gasteiger partial charge in [-0.25, -0.2) is 9.07 Å². The monoisotopic (exact) mass is 331 g/mol. The van der Waals surface area contributed by atoms with Gasteiger partial charge in [0.2, 0.25) is 5.91 Å². The third-order valence-electron chi connectivity index (χ3n) is 4.68. The lowest BCUT2D eigenvalue weighted by molar-refractivity contribution is -0.136. The highest BCUT2D eigenvalue weighted by Crippen LogP contribution is 2.22. The average Bonchev–Trinajstić information content (AvgIpc) is 3.00. The summed E-state index contributed by atoms with van der Waals surface area (Å²) in [5, 5.41) is 11.6. The van der Waals surface area contributed by atoms with E-state index >= 15 is 0 Å². The van der Waals surface area contributed by atoms with Crippen LogP contribution in [0.3, 0.4) is 0 Å². The van der Waals surface area contributed by atoms with Crippen molar-refractivity contribution in [1.82, 2.24) is 25.1 Å². The van der Waals surface area contributed by atoms with E-state index in [9.17, 15) is 9.18 Å². The third-order valence-corrected chi connectivity index (χ3v) is 4.68. The highest BCUT2D eigenvalue weighted by Gasteiger charge is 2.30. The normalized spacial score (nSPS) is 17.0. The van der Waals surface area contributed by atoms with Crippen LogP contribution in [0.25, 0.3) is 0 Å². The van der Waals surface area contributed by atoms with E-state index in [1.807, 2.05) is 4.90 Å². The number of rotatable bonds is 4. The Kier molecular flexibility index (Phi) is 4.87. The largest absolute Gasteiger partial charge is 0.341 e. The number of aromatic nitrogens is 4. The molecule has 0 N–H and O–H groups in total. The van der Waals surface area contributed by atoms with E-state index in [0.717, 1.165) is 31.5 Å². The Morgan fingerprint density at radius 3 is 2.54 bits per heavy atom. The molecule has 7 heteroatoms. The molecule has 24 heavy (non-hydrogen) atoms. The van der Waals surface area contributed by atoms with Crippen LogP contribution in [0.4, 0.5) is 4.39 Å². The van der Waals surface area contributed by atoms with Crippen LogP contribution in [0, 0.1) is 18.7 Å². The fraction of sp³-hybridized carbons (Fsp3) is 0.529. The zero-order valence-electron chi connectivity index (χ0n) is 14.0. The number of piperidine rings is 1. The lowest BCUT2D eigenvalue weighted by Crippen LogP contribution is -2.43. The lowest BCUT2D eigenvalue weighted by atomic mass is 9.97. The van der Waals surface area contributed by atoms with Gasteiger partial charge in [-0.05, 0) is 53.8 Å². The first-order valence-corrected chi connectivity index (χ1v) is 8.32. The number of likely N-dealkylation sites (tertiary alicyclic amines) is 1. The number of benzene rings is 1. The first kappa shape index (κ1) is 16.5. The Bertz CT molecular complexity index is 691. The highest BCUT2D eigenvalue weighted by atomic mass is 19.1. The molecule has 0 saturated carbocycles. The van der Waals surface area contributed by atoms with E-state index in [2.05, 4.69) is 22.4 Å². The quantitative estimate of drug-likeness (QED) is 0.861. The summed E-state index contributed by atoms with van der Waals surface area (Å²) in [6, 6.07) is 5.72. The van der Waals surface area contributed by atoms with E-state index in [4.69, 9.17) is 0 Å². The van der Waals surface area contributed by atoms with Crippen LogP contribution >= 0.6 is 0 Å². The molecule has 2 heterocycles. The van der Waals surface area contributed by atoms with Gasteiger partial charge in [0.1, 0.15) is 17.7 Å². The molecule has 0 radical (unpaired) electrons. The Morgan fingerprint density at radius 2 is 1.96 bits per heavy atom. The van der Waals surface area contributed by atoms with Crippen LogP contribution in [-0.2, 0) is 11.2 Å². The maximum absolute atomic E-state index is 13.1. The molecule has 6 nitrogen and oxygen atoms in total. The molecular weight excluding hydrogens is 309 g/mol. The van der Waals surface area contributed by atoms with E-state index < -0.39 is 6.04 Å². The van der Waals surface area contributed by atoms with Crippen LogP contribution in [0.15, 0.2) is 24.3 Å². The molecule has 2 aromatic rings. The SMILES string of the molecule is Cc1nnnn1C(Cc1ccc(F)cc1)C(=O)N1CCC(C)CC1. The first-order valence-electron chi connectivity index (χ1n) is 8.32. The van der Waals surface area contributed by atoms with Gasteiger partial charge in [-0.1, -0.05) is 19.1 Å². The second-order valence-electron chi connectivity index (χ2n) is 6.52. The van der Waals surface area contributed by atoms with Crippen molar-refractivity contribution in [2.75, 3.05) is 13.1 Å². The molecule has 1 aliphatic heterocycles. The molecule has 3 rings (SSSR count).